The van der Waals surface area contributed by atoms with Crippen molar-refractivity contribution in [1.82, 2.24) is 44.2 Å². The van der Waals surface area contributed by atoms with E-state index in [0.717, 1.165) is 54.9 Å². The highest BCUT2D eigenvalue weighted by molar-refractivity contribution is 9.09. The first-order valence-corrected chi connectivity index (χ1v) is 25.2. The van der Waals surface area contributed by atoms with E-state index in [4.69, 9.17) is 10.8 Å². The minimum Gasteiger partial charge on any atom is -0.397 e. The summed E-state index contributed by atoms with van der Waals surface area (Å²) in [6.45, 7) is 5.32. The van der Waals surface area contributed by atoms with E-state index in [9.17, 15) is 28.8 Å². The number of amides is 6. The highest BCUT2D eigenvalue weighted by Crippen LogP contribution is 2.23. The van der Waals surface area contributed by atoms with Crippen LogP contribution in [0.2, 0.25) is 0 Å². The number of hydrogen-bond acceptors (Lipinski definition) is 12. The van der Waals surface area contributed by atoms with Crippen LogP contribution < -0.4 is 16.8 Å². The first-order chi connectivity index (χ1) is 33.6. The Morgan fingerprint density at radius 3 is 1.20 bits per heavy atom. The molecule has 0 bridgehead atoms. The number of rotatable bonds is 12. The van der Waals surface area contributed by atoms with E-state index in [1.807, 2.05) is 21.5 Å². The lowest BCUT2D eigenvalue weighted by atomic mass is 10.1. The van der Waals surface area contributed by atoms with E-state index < -0.39 is 0 Å². The molecule has 0 spiro atoms. The number of aliphatic hydroxyl groups excluding tert-OH is 1. The predicted octanol–water partition coefficient (Wildman–Crippen LogP) is 6.59. The van der Waals surface area contributed by atoms with Gasteiger partial charge in [0.05, 0.1) is 52.4 Å². The van der Waals surface area contributed by atoms with Gasteiger partial charge in [0, 0.05) is 86.0 Å². The molecule has 0 aliphatic carbocycles. The van der Waals surface area contributed by atoms with Gasteiger partial charge in [0.25, 0.3) is 35.4 Å². The number of H-pyrrole nitrogens is 1. The summed E-state index contributed by atoms with van der Waals surface area (Å²) in [7, 11) is 1.50. The number of nitrogens with two attached hydrogens (primary N) is 2. The summed E-state index contributed by atoms with van der Waals surface area (Å²) in [6.07, 6.45) is 19.7. The maximum Gasteiger partial charge on any atom is 0.261 e. The number of nitrogens with one attached hydrogen (secondary N) is 2. The molecule has 0 saturated carbocycles. The fourth-order valence-corrected chi connectivity index (χ4v) is 7.57. The van der Waals surface area contributed by atoms with Crippen LogP contribution in [0.15, 0.2) is 129 Å². The Kier molecular flexibility index (Phi) is 30.2. The number of nitrogens with zero attached hydrogens (tertiary/aromatic N) is 7. The number of aryl methyl sites for hydroxylation is 2. The zero-order valence-corrected chi connectivity index (χ0v) is 43.4. The summed E-state index contributed by atoms with van der Waals surface area (Å²) in [5.41, 5.74) is 12.8. The molecule has 9 rings (SSSR count). The van der Waals surface area contributed by atoms with Crippen molar-refractivity contribution >= 4 is 83.2 Å². The molecule has 0 radical (unpaired) electrons. The summed E-state index contributed by atoms with van der Waals surface area (Å²) < 4.78 is 3.95. The first kappa shape index (κ1) is 59.2. The fourth-order valence-electron chi connectivity index (χ4n) is 6.01. The number of aromatic amines is 1. The van der Waals surface area contributed by atoms with Crippen LogP contribution in [0.25, 0.3) is 0 Å². The van der Waals surface area contributed by atoms with Crippen LogP contribution in [0.3, 0.4) is 0 Å². The molecule has 0 unspecified atom stereocenters. The number of imidazole rings is 3. The molecule has 0 saturated heterocycles. The number of alkyl halides is 3. The smallest absolute Gasteiger partial charge is 0.261 e. The number of aromatic nitrogens is 6. The van der Waals surface area contributed by atoms with Crippen molar-refractivity contribution in [2.24, 2.45) is 11.5 Å². The van der Waals surface area contributed by atoms with Gasteiger partial charge in [-0.15, -0.1) is 0 Å². The van der Waals surface area contributed by atoms with Gasteiger partial charge in [-0.3, -0.25) is 43.9 Å². The number of aliphatic hydroxyl groups is 1. The van der Waals surface area contributed by atoms with E-state index in [2.05, 4.69) is 78.8 Å². The summed E-state index contributed by atoms with van der Waals surface area (Å²) in [5.74, 6) is -1.32. The second-order valence-corrected chi connectivity index (χ2v) is 16.3. The molecule has 3 aliphatic heterocycles. The molecule has 370 valence electrons. The van der Waals surface area contributed by atoms with Crippen molar-refractivity contribution in [3.8, 4) is 0 Å². The Balaban J connectivity index is 0.000000294. The van der Waals surface area contributed by atoms with Gasteiger partial charge in [-0.2, -0.15) is 0 Å². The molecule has 3 aliphatic rings. The Bertz CT molecular complexity index is 2280. The molecule has 0 atom stereocenters. The maximum absolute atomic E-state index is 12.1. The zero-order valence-electron chi connectivity index (χ0n) is 38.6. The zero-order chi connectivity index (χ0) is 50.8. The van der Waals surface area contributed by atoms with Gasteiger partial charge in [-0.05, 0) is 82.6 Å². The van der Waals surface area contributed by atoms with Gasteiger partial charge in [-0.1, -0.05) is 84.2 Å². The molecular weight excluding hydrogens is 1080 g/mol. The number of carbonyl (C=O) groups is 6. The molecule has 6 heterocycles. The molecule has 3 aromatic carbocycles. The molecule has 6 aromatic rings. The van der Waals surface area contributed by atoms with Gasteiger partial charge >= 0.3 is 0 Å². The Hall–Kier alpha value is -5.97. The van der Waals surface area contributed by atoms with Crippen molar-refractivity contribution in [2.75, 3.05) is 49.3 Å². The molecule has 0 fully saturated rings. The lowest BCUT2D eigenvalue weighted by molar-refractivity contribution is 0.0637. The fraction of sp³-hybridized carbons (Fsp3) is 0.312. The number of fused-ring (bicyclic) bond motifs is 3. The molecule has 6 amide bonds. The maximum atomic E-state index is 12.1. The molecule has 7 N–H and O–H groups in total. The molecule has 3 aromatic heterocycles. The van der Waals surface area contributed by atoms with E-state index in [1.165, 1.54) is 23.3 Å². The van der Waals surface area contributed by atoms with Crippen molar-refractivity contribution in [1.29, 1.82) is 0 Å². The highest BCUT2D eigenvalue weighted by atomic mass is 79.9. The Labute approximate surface area is 427 Å². The van der Waals surface area contributed by atoms with Crippen LogP contribution >= 0.6 is 47.8 Å². The van der Waals surface area contributed by atoms with E-state index >= 15 is 0 Å². The minimum absolute atomic E-state index is 0.170. The third-order valence-electron chi connectivity index (χ3n) is 9.13. The molecule has 18 nitrogen and oxygen atoms in total. The van der Waals surface area contributed by atoms with Crippen LogP contribution in [0.5, 0.6) is 0 Å². The van der Waals surface area contributed by atoms with Crippen LogP contribution in [0, 0.1) is 0 Å². The van der Waals surface area contributed by atoms with Crippen molar-refractivity contribution in [2.45, 2.75) is 45.7 Å². The lowest BCUT2D eigenvalue weighted by Gasteiger charge is -2.13. The van der Waals surface area contributed by atoms with Crippen molar-refractivity contribution < 1.29 is 33.9 Å². The van der Waals surface area contributed by atoms with Gasteiger partial charge in [0.2, 0.25) is 0 Å². The topological polar surface area (TPSA) is 258 Å². The van der Waals surface area contributed by atoms with E-state index in [-0.39, 0.29) is 42.0 Å². The van der Waals surface area contributed by atoms with Crippen LogP contribution in [0.1, 0.15) is 94.8 Å². The van der Waals surface area contributed by atoms with Gasteiger partial charge in [0.1, 0.15) is 0 Å². The average molecular weight is 1140 g/mol. The Morgan fingerprint density at radius 1 is 0.536 bits per heavy atom. The first-order valence-electron chi connectivity index (χ1n) is 21.8. The average Bonchev–Trinajstić information content (AvgIpc) is 4.27. The molecular formula is C48H60Br3N11O7. The summed E-state index contributed by atoms with van der Waals surface area (Å²) in [6, 6.07) is 20.6. The second kappa shape index (κ2) is 35.2. The standard InChI is InChI=1S/C14H13N3O2.C11H10BrNO2.C8H5NO2.C6H11N3.C3H6Br2.C3H4N2.C2H6O.CH5N/c18-13-11-4-1-2-5-12(11)14(19)17(13)8-3-7-16-9-6-15-10-16;12-6-3-7-13-10(14)8-4-1-2-5-9(8)11(13)15;10-7-5-3-1-2-4-6(5)8(11)9-7;7-2-1-4-9-5-3-8-6-9;4-2-1-3-5;1-2-5-3-4-1;1-2-3;1-2/h1-2,4-6,9-10H,3,7-8H2;1-2,4-5H,3,6-7H2;1-4H,(H,9,10,11);3,5-6H,1-2,4,7H2;1-3H2;1-3H,(H,4,5);3H,2H2,1H3;2H2,1H3. The molecule has 21 heteroatoms. The number of carbonyl (C=O) groups excluding carboxylic acids is 6. The number of imide groups is 3. The number of halogens is 3. The van der Waals surface area contributed by atoms with E-state index in [1.54, 1.807) is 123 Å². The summed E-state index contributed by atoms with van der Waals surface area (Å²) in [5, 5.41) is 12.8. The quantitative estimate of drug-likeness (QED) is 0.0643. The van der Waals surface area contributed by atoms with Gasteiger partial charge in [-0.25, -0.2) is 15.0 Å². The lowest BCUT2D eigenvalue weighted by Crippen LogP contribution is -2.31. The highest BCUT2D eigenvalue weighted by Gasteiger charge is 2.35. The van der Waals surface area contributed by atoms with Gasteiger partial charge < -0.3 is 30.7 Å². The van der Waals surface area contributed by atoms with Gasteiger partial charge in [0.15, 0.2) is 0 Å². The SMILES string of the molecule is BrCCCBr.CCO.CN.NCCCn1ccnc1.O=C1NC(=O)c2ccccc21.O=C1c2ccccc2C(=O)N1CCCBr.O=C1c2ccccc2C(=O)N1CCCn1ccnc1.c1c[nH]cn1. The predicted molar refractivity (Wildman–Crippen MR) is 277 cm³/mol. The Morgan fingerprint density at radius 2 is 0.913 bits per heavy atom. The van der Waals surface area contributed by atoms with Crippen LogP contribution in [-0.4, -0.2) is 129 Å². The monoisotopic (exact) mass is 1140 g/mol. The van der Waals surface area contributed by atoms with Crippen LogP contribution in [0.4, 0.5) is 0 Å². The summed E-state index contributed by atoms with van der Waals surface area (Å²) in [4.78, 5) is 86.6. The largest absolute Gasteiger partial charge is 0.397 e. The third-order valence-corrected chi connectivity index (χ3v) is 10.8. The summed E-state index contributed by atoms with van der Waals surface area (Å²) >= 11 is 9.84. The third kappa shape index (κ3) is 19.9. The van der Waals surface area contributed by atoms with Crippen LogP contribution in [-0.2, 0) is 13.1 Å². The van der Waals surface area contributed by atoms with Crippen molar-refractivity contribution in [3.05, 3.63) is 162 Å². The minimum atomic E-state index is -0.300. The molecule has 69 heavy (non-hydrogen) atoms. The normalized spacial score (nSPS) is 12.2. The number of hydrogen-bond donors (Lipinski definition) is 5. The van der Waals surface area contributed by atoms with E-state index in [0.29, 0.717) is 46.5 Å². The van der Waals surface area contributed by atoms with Crippen molar-refractivity contribution in [3.63, 3.8) is 0 Å². The number of benzene rings is 3. The second-order valence-electron chi connectivity index (χ2n) is 13.9.